The molecule has 7 heteroatoms. The van der Waals surface area contributed by atoms with E-state index in [1.807, 2.05) is 39.0 Å². The average Bonchev–Trinajstić information content (AvgIpc) is 2.84. The first-order valence-corrected chi connectivity index (χ1v) is 11.4. The van der Waals surface area contributed by atoms with E-state index in [1.54, 1.807) is 54.6 Å². The number of nitriles is 1. The maximum Gasteiger partial charge on any atom is 0.233 e. The lowest BCUT2D eigenvalue weighted by atomic mass is 10.00. The van der Waals surface area contributed by atoms with Crippen LogP contribution >= 0.6 is 15.9 Å². The Morgan fingerprint density at radius 2 is 1.47 bits per heavy atom. The molecule has 3 rings (SSSR count). The van der Waals surface area contributed by atoms with Gasteiger partial charge in [-0.05, 0) is 54.4 Å². The number of hydrogen-bond acceptors (Lipinski definition) is 6. The van der Waals surface area contributed by atoms with Crippen molar-refractivity contribution < 1.29 is 14.7 Å². The molecule has 3 aromatic carbocycles. The number of nitrogens with one attached hydrogen (secondary N) is 1. The molecule has 0 amide bonds. The van der Waals surface area contributed by atoms with Gasteiger partial charge in [0.2, 0.25) is 11.6 Å². The largest absolute Gasteiger partial charge is 0.397 e. The zero-order chi connectivity index (χ0) is 25.3. The van der Waals surface area contributed by atoms with Gasteiger partial charge < -0.3 is 16.2 Å². The van der Waals surface area contributed by atoms with Gasteiger partial charge in [-0.3, -0.25) is 9.59 Å². The number of halogens is 1. The fourth-order valence-corrected chi connectivity index (χ4v) is 3.61. The van der Waals surface area contributed by atoms with Gasteiger partial charge in [-0.2, -0.15) is 5.26 Å². The van der Waals surface area contributed by atoms with E-state index in [1.165, 1.54) is 0 Å². The number of carbonyl (C=O) groups excluding carboxylic acids is 2. The van der Waals surface area contributed by atoms with Crippen molar-refractivity contribution in [3.05, 3.63) is 99.5 Å². The quantitative estimate of drug-likeness (QED) is 0.236. The predicted octanol–water partition coefficient (Wildman–Crippen LogP) is 5.08. The van der Waals surface area contributed by atoms with E-state index in [2.05, 4.69) is 27.3 Å². The summed E-state index contributed by atoms with van der Waals surface area (Å²) in [5.41, 5.74) is 8.18. The van der Waals surface area contributed by atoms with Gasteiger partial charge in [0, 0.05) is 21.1 Å². The zero-order valence-electron chi connectivity index (χ0n) is 19.4. The van der Waals surface area contributed by atoms with E-state index in [9.17, 15) is 14.7 Å². The first-order valence-electron chi connectivity index (χ1n) is 10.6. The maximum absolute atomic E-state index is 11.8. The summed E-state index contributed by atoms with van der Waals surface area (Å²) in [7, 11) is 0. The highest BCUT2D eigenvalue weighted by molar-refractivity contribution is 9.10. The van der Waals surface area contributed by atoms with Gasteiger partial charge >= 0.3 is 0 Å². The van der Waals surface area contributed by atoms with Crippen molar-refractivity contribution >= 4 is 33.2 Å². The maximum atomic E-state index is 11.8. The van der Waals surface area contributed by atoms with Gasteiger partial charge in [0.15, 0.2) is 0 Å². The Balaban J connectivity index is 0.000000241. The summed E-state index contributed by atoms with van der Waals surface area (Å²) < 4.78 is 0.672. The summed E-state index contributed by atoms with van der Waals surface area (Å²) in [4.78, 5) is 23.6. The molecule has 176 valence electrons. The third kappa shape index (κ3) is 7.63. The Morgan fingerprint density at radius 3 is 1.85 bits per heavy atom. The van der Waals surface area contributed by atoms with Gasteiger partial charge in [-0.1, -0.05) is 60.7 Å². The second kappa shape index (κ2) is 12.2. The molecule has 1 unspecified atom stereocenters. The molecule has 0 saturated heterocycles. The van der Waals surface area contributed by atoms with E-state index in [-0.39, 0.29) is 18.2 Å². The van der Waals surface area contributed by atoms with Crippen LogP contribution in [0.5, 0.6) is 0 Å². The molecule has 6 nitrogen and oxygen atoms in total. The monoisotopic (exact) mass is 521 g/mol. The number of benzene rings is 3. The summed E-state index contributed by atoms with van der Waals surface area (Å²) in [5, 5.41) is 21.8. The van der Waals surface area contributed by atoms with Crippen LogP contribution in [0.15, 0.2) is 77.3 Å². The number of hydrogen-bond donors (Lipinski definition) is 3. The minimum atomic E-state index is -0.466. The number of anilines is 1. The molecule has 4 N–H and O–H groups in total. The summed E-state index contributed by atoms with van der Waals surface area (Å²) >= 11 is 3.33. The van der Waals surface area contributed by atoms with Crippen LogP contribution in [0.4, 0.5) is 5.69 Å². The topological polar surface area (TPSA) is 116 Å². The Bertz CT molecular complexity index is 1120. The van der Waals surface area contributed by atoms with Gasteiger partial charge in [0.1, 0.15) is 6.07 Å². The highest BCUT2D eigenvalue weighted by Gasteiger charge is 2.20. The summed E-state index contributed by atoms with van der Waals surface area (Å²) in [6, 6.07) is 22.5. The zero-order valence-corrected chi connectivity index (χ0v) is 21.0. The van der Waals surface area contributed by atoms with Crippen LogP contribution in [0.3, 0.4) is 0 Å². The van der Waals surface area contributed by atoms with Crippen molar-refractivity contribution in [1.82, 2.24) is 5.32 Å². The minimum absolute atomic E-state index is 0.0432. The Labute approximate surface area is 208 Å². The molecule has 1 atom stereocenters. The molecule has 0 radical (unpaired) electrons. The molecule has 0 fully saturated rings. The highest BCUT2D eigenvalue weighted by atomic mass is 79.9. The van der Waals surface area contributed by atoms with Gasteiger partial charge in [-0.25, -0.2) is 0 Å². The van der Waals surface area contributed by atoms with E-state index in [4.69, 9.17) is 11.0 Å². The Morgan fingerprint density at radius 1 is 1.00 bits per heavy atom. The molecule has 0 aliphatic rings. The standard InChI is InChI=1S/C14H10O2.C13H18BrN3O/c15-13(11-7-3-1-4-8-11)14(16)12-9-5-2-6-10-12;1-13(2,3)17-11(7-18)8-4-9(6-15)12(16)10(14)5-8/h1-10H;4-5,11,17-18H,7,16H2,1-3H3. The number of Topliss-reactive ketones (excluding diaryl/α,β-unsaturated/α-hetero) is 2. The van der Waals surface area contributed by atoms with Crippen molar-refractivity contribution in [2.75, 3.05) is 12.3 Å². The molecule has 0 heterocycles. The molecule has 0 bridgehead atoms. The van der Waals surface area contributed by atoms with Crippen molar-refractivity contribution in [2.45, 2.75) is 32.4 Å². The highest BCUT2D eigenvalue weighted by Crippen LogP contribution is 2.28. The summed E-state index contributed by atoms with van der Waals surface area (Å²) in [5.74, 6) is -0.932. The predicted molar refractivity (Wildman–Crippen MR) is 138 cm³/mol. The van der Waals surface area contributed by atoms with Crippen molar-refractivity contribution in [3.8, 4) is 6.07 Å². The van der Waals surface area contributed by atoms with Crippen LogP contribution in [0.2, 0.25) is 0 Å². The van der Waals surface area contributed by atoms with Crippen LogP contribution in [-0.4, -0.2) is 28.8 Å². The normalized spacial score (nSPS) is 11.5. The van der Waals surface area contributed by atoms with E-state index in [0.717, 1.165) is 5.56 Å². The molecule has 34 heavy (non-hydrogen) atoms. The SMILES string of the molecule is CC(C)(C)NC(CO)c1cc(Br)c(N)c(C#N)c1.O=C(C(=O)c1ccccc1)c1ccccc1. The number of nitrogens with two attached hydrogens (primary N) is 1. The molecular formula is C27H28BrN3O3. The molecule has 0 saturated carbocycles. The second-order valence-corrected chi connectivity index (χ2v) is 9.45. The third-order valence-corrected chi connectivity index (χ3v) is 5.40. The van der Waals surface area contributed by atoms with Crippen LogP contribution in [0.1, 0.15) is 58.7 Å². The van der Waals surface area contributed by atoms with Gasteiger partial charge in [-0.15, -0.1) is 0 Å². The van der Waals surface area contributed by atoms with E-state index >= 15 is 0 Å². The molecule has 0 aliphatic carbocycles. The number of nitrogens with zero attached hydrogens (tertiary/aromatic N) is 1. The van der Waals surface area contributed by atoms with Gasteiger partial charge in [0.25, 0.3) is 0 Å². The van der Waals surface area contributed by atoms with Crippen LogP contribution in [0, 0.1) is 11.3 Å². The summed E-state index contributed by atoms with van der Waals surface area (Å²) in [6.45, 7) is 6.02. The van der Waals surface area contributed by atoms with E-state index in [0.29, 0.717) is 26.9 Å². The van der Waals surface area contributed by atoms with Crippen LogP contribution < -0.4 is 11.1 Å². The molecule has 0 aromatic heterocycles. The number of nitrogen functional groups attached to an aromatic ring is 1. The lowest BCUT2D eigenvalue weighted by Crippen LogP contribution is -2.40. The average molecular weight is 522 g/mol. The van der Waals surface area contributed by atoms with E-state index < -0.39 is 11.6 Å². The lowest BCUT2D eigenvalue weighted by Gasteiger charge is -2.28. The number of carbonyl (C=O) groups is 2. The fraction of sp³-hybridized carbons (Fsp3) is 0.222. The van der Waals surface area contributed by atoms with Crippen molar-refractivity contribution in [3.63, 3.8) is 0 Å². The molecular weight excluding hydrogens is 494 g/mol. The molecule has 0 aliphatic heterocycles. The third-order valence-electron chi connectivity index (χ3n) is 4.74. The number of rotatable bonds is 6. The smallest absolute Gasteiger partial charge is 0.233 e. The number of aliphatic hydroxyl groups excluding tert-OH is 1. The lowest BCUT2D eigenvalue weighted by molar-refractivity contribution is 0.0817. The second-order valence-electron chi connectivity index (χ2n) is 8.60. The first kappa shape index (κ1) is 26.9. The van der Waals surface area contributed by atoms with Crippen LogP contribution in [0.25, 0.3) is 0 Å². The summed E-state index contributed by atoms with van der Waals surface area (Å²) in [6.07, 6.45) is 0. The van der Waals surface area contributed by atoms with Crippen molar-refractivity contribution in [1.29, 1.82) is 5.26 Å². The van der Waals surface area contributed by atoms with Crippen molar-refractivity contribution in [2.24, 2.45) is 0 Å². The number of aliphatic hydroxyl groups is 1. The molecule has 0 spiro atoms. The minimum Gasteiger partial charge on any atom is -0.397 e. The van der Waals surface area contributed by atoms with Gasteiger partial charge in [0.05, 0.1) is 23.9 Å². The number of ketones is 2. The Kier molecular flexibility index (Phi) is 9.69. The Hall–Kier alpha value is -3.31. The first-order chi connectivity index (χ1) is 16.1. The fourth-order valence-electron chi connectivity index (χ4n) is 3.13. The van der Waals surface area contributed by atoms with Crippen LogP contribution in [-0.2, 0) is 0 Å². The molecule has 3 aromatic rings.